The number of quaternary nitrogens is 1. The van der Waals surface area contributed by atoms with Crippen LogP contribution < -0.4 is 5.11 Å². The molecule has 0 aromatic rings. The van der Waals surface area contributed by atoms with Gasteiger partial charge in [0.25, 0.3) is 0 Å². The molecule has 0 saturated heterocycles. The number of hydrogen-bond donors (Lipinski definition) is 2. The van der Waals surface area contributed by atoms with Crippen LogP contribution in [0.5, 0.6) is 0 Å². The van der Waals surface area contributed by atoms with E-state index in [4.69, 9.17) is 0 Å². The van der Waals surface area contributed by atoms with Gasteiger partial charge in [-0.1, -0.05) is 72.3 Å². The van der Waals surface area contributed by atoms with E-state index in [0.29, 0.717) is 0 Å². The first-order valence-corrected chi connectivity index (χ1v) is 11.9. The molecule has 7 heteroatoms. The number of hydrogen-bond acceptors (Lipinski definition) is 4. The minimum absolute atomic E-state index is 0.0403. The van der Waals surface area contributed by atoms with Gasteiger partial charge in [0.1, 0.15) is 6.04 Å². The maximum Gasteiger partial charge on any atom is 0.362 e. The van der Waals surface area contributed by atoms with Crippen LogP contribution in [0.3, 0.4) is 0 Å². The molecule has 0 rings (SSSR count). The molecule has 31 heavy (non-hydrogen) atoms. The summed E-state index contributed by atoms with van der Waals surface area (Å²) in [5.74, 6) is -3.76. The van der Waals surface area contributed by atoms with Crippen molar-refractivity contribution in [2.45, 2.75) is 116 Å². The van der Waals surface area contributed by atoms with Crippen molar-refractivity contribution in [3.05, 3.63) is 12.2 Å². The first-order chi connectivity index (χ1) is 14.7. The zero-order valence-corrected chi connectivity index (χ0v) is 19.8. The Kier molecular flexibility index (Phi) is 14.9. The third kappa shape index (κ3) is 8.63. The standard InChI is InChI=1S/C24H43NO6/c1-5-9-10-11-12-13-14-15-16-17-18-25(19(6-2)22(26)27,20(7-3)23(28)29)21(8-4)24(30)31/h16-17,19-21H,5-15,18H2,1-4H3,(H2-,26,27,28,29,30,31)/b17-16+. The van der Waals surface area contributed by atoms with E-state index in [0.717, 1.165) is 19.3 Å². The van der Waals surface area contributed by atoms with E-state index in [1.165, 1.54) is 32.1 Å². The number of carbonyl (C=O) groups is 3. The monoisotopic (exact) mass is 441 g/mol. The number of carboxylic acids is 3. The molecule has 0 bridgehead atoms. The largest absolute Gasteiger partial charge is 0.544 e. The first kappa shape index (κ1) is 29.1. The molecular formula is C24H43NO6. The lowest BCUT2D eigenvalue weighted by Gasteiger charge is -2.51. The van der Waals surface area contributed by atoms with Gasteiger partial charge in [-0.3, -0.25) is 4.48 Å². The van der Waals surface area contributed by atoms with Gasteiger partial charge in [0, 0.05) is 19.3 Å². The maximum absolute atomic E-state index is 12.1. The van der Waals surface area contributed by atoms with Crippen molar-refractivity contribution in [2.24, 2.45) is 0 Å². The van der Waals surface area contributed by atoms with Crippen molar-refractivity contribution in [1.29, 1.82) is 0 Å². The van der Waals surface area contributed by atoms with E-state index in [1.807, 2.05) is 6.08 Å². The molecule has 0 aromatic carbocycles. The smallest absolute Gasteiger partial charge is 0.362 e. The topological polar surface area (TPSA) is 115 Å². The summed E-state index contributed by atoms with van der Waals surface area (Å²) < 4.78 is -0.552. The average molecular weight is 442 g/mol. The molecule has 7 nitrogen and oxygen atoms in total. The van der Waals surface area contributed by atoms with E-state index in [-0.39, 0.29) is 25.8 Å². The van der Waals surface area contributed by atoms with Gasteiger partial charge in [0.05, 0.1) is 12.5 Å². The van der Waals surface area contributed by atoms with E-state index < -0.39 is 40.5 Å². The summed E-state index contributed by atoms with van der Waals surface area (Å²) in [5, 5.41) is 31.8. The highest BCUT2D eigenvalue weighted by molar-refractivity contribution is 5.77. The maximum atomic E-state index is 12.1. The normalized spacial score (nSPS) is 16.5. The molecule has 3 unspecified atom stereocenters. The Balaban J connectivity index is 5.62. The van der Waals surface area contributed by atoms with Gasteiger partial charge in [0.15, 0.2) is 12.1 Å². The van der Waals surface area contributed by atoms with E-state index in [1.54, 1.807) is 26.8 Å². The molecule has 0 spiro atoms. The Morgan fingerprint density at radius 3 is 1.58 bits per heavy atom. The predicted molar refractivity (Wildman–Crippen MR) is 119 cm³/mol. The van der Waals surface area contributed by atoms with Crippen molar-refractivity contribution in [2.75, 3.05) is 6.54 Å². The second kappa shape index (κ2) is 15.8. The Labute approximate surface area is 187 Å². The Morgan fingerprint density at radius 1 is 0.742 bits per heavy atom. The van der Waals surface area contributed by atoms with E-state index in [9.17, 15) is 29.7 Å². The van der Waals surface area contributed by atoms with Crippen molar-refractivity contribution in [3.63, 3.8) is 0 Å². The highest BCUT2D eigenvalue weighted by Gasteiger charge is 2.53. The summed E-state index contributed by atoms with van der Waals surface area (Å²) in [7, 11) is 0. The number of rotatable bonds is 19. The molecule has 0 aliphatic carbocycles. The second-order valence-electron chi connectivity index (χ2n) is 8.33. The van der Waals surface area contributed by atoms with Gasteiger partial charge in [0.2, 0.25) is 0 Å². The highest BCUT2D eigenvalue weighted by Crippen LogP contribution is 2.31. The number of aliphatic carboxylic acids is 3. The lowest BCUT2D eigenvalue weighted by Crippen LogP contribution is -2.73. The Morgan fingerprint density at radius 2 is 1.19 bits per heavy atom. The van der Waals surface area contributed by atoms with Crippen LogP contribution in [0.15, 0.2) is 12.2 Å². The van der Waals surface area contributed by atoms with Gasteiger partial charge in [-0.25, -0.2) is 9.59 Å². The number of nitrogens with zero attached hydrogens (tertiary/aromatic N) is 1. The molecule has 0 radical (unpaired) electrons. The molecule has 0 fully saturated rings. The molecule has 0 amide bonds. The third-order valence-electron chi connectivity index (χ3n) is 6.31. The minimum Gasteiger partial charge on any atom is -0.544 e. The molecule has 0 aliphatic rings. The van der Waals surface area contributed by atoms with E-state index in [2.05, 4.69) is 6.92 Å². The number of carbonyl (C=O) groups excluding carboxylic acids is 1. The molecule has 0 aliphatic heterocycles. The predicted octanol–water partition coefficient (Wildman–Crippen LogP) is 3.76. The van der Waals surface area contributed by atoms with Gasteiger partial charge >= 0.3 is 11.9 Å². The molecule has 2 N–H and O–H groups in total. The Hall–Kier alpha value is -1.89. The van der Waals surface area contributed by atoms with Crippen LogP contribution in [0.1, 0.15) is 98.3 Å². The van der Waals surface area contributed by atoms with Crippen LogP contribution in [0, 0.1) is 0 Å². The van der Waals surface area contributed by atoms with Crippen LogP contribution in [0.25, 0.3) is 0 Å². The molecule has 0 saturated carbocycles. The molecular weight excluding hydrogens is 398 g/mol. The summed E-state index contributed by atoms with van der Waals surface area (Å²) in [6.45, 7) is 7.18. The number of unbranched alkanes of at least 4 members (excludes halogenated alkanes) is 7. The van der Waals surface area contributed by atoms with Gasteiger partial charge in [-0.2, -0.15) is 0 Å². The zero-order chi connectivity index (χ0) is 23.9. The van der Waals surface area contributed by atoms with Crippen molar-refractivity contribution in [3.8, 4) is 0 Å². The van der Waals surface area contributed by atoms with Crippen molar-refractivity contribution >= 4 is 17.9 Å². The summed E-state index contributed by atoms with van der Waals surface area (Å²) >= 11 is 0. The molecule has 180 valence electrons. The highest BCUT2D eigenvalue weighted by atomic mass is 16.4. The minimum atomic E-state index is -1.40. The van der Waals surface area contributed by atoms with E-state index >= 15 is 0 Å². The third-order valence-corrected chi connectivity index (χ3v) is 6.31. The lowest BCUT2D eigenvalue weighted by molar-refractivity contribution is -0.969. The average Bonchev–Trinajstić information content (AvgIpc) is 2.69. The summed E-state index contributed by atoms with van der Waals surface area (Å²) in [6, 6.07) is -3.51. The fourth-order valence-electron chi connectivity index (χ4n) is 4.77. The van der Waals surface area contributed by atoms with Crippen LogP contribution in [-0.4, -0.2) is 57.3 Å². The Bertz CT molecular complexity index is 519. The van der Waals surface area contributed by atoms with Crippen LogP contribution >= 0.6 is 0 Å². The summed E-state index contributed by atoms with van der Waals surface area (Å²) in [5.41, 5.74) is 0. The molecule has 0 heterocycles. The van der Waals surface area contributed by atoms with Gasteiger partial charge in [-0.15, -0.1) is 0 Å². The number of carboxylic acid groups (broad SMARTS) is 3. The van der Waals surface area contributed by atoms with Crippen LogP contribution in [0.4, 0.5) is 0 Å². The van der Waals surface area contributed by atoms with Gasteiger partial charge < -0.3 is 20.1 Å². The lowest BCUT2D eigenvalue weighted by atomic mass is 9.94. The fourth-order valence-corrected chi connectivity index (χ4v) is 4.77. The first-order valence-electron chi connectivity index (χ1n) is 11.9. The van der Waals surface area contributed by atoms with Crippen LogP contribution in [-0.2, 0) is 14.4 Å². The van der Waals surface area contributed by atoms with Crippen LogP contribution in [0.2, 0.25) is 0 Å². The number of allylic oxidation sites excluding steroid dienone is 1. The SMILES string of the molecule is CCCCCCCCC/C=C/C[N+](C(CC)C(=O)[O-])(C(CC)C(=O)O)C(CC)C(=O)O. The molecule has 3 atom stereocenters. The van der Waals surface area contributed by atoms with Crippen molar-refractivity contribution in [1.82, 2.24) is 0 Å². The second-order valence-corrected chi connectivity index (χ2v) is 8.33. The fraction of sp³-hybridized carbons (Fsp3) is 0.792. The van der Waals surface area contributed by atoms with Crippen molar-refractivity contribution < 1.29 is 34.2 Å². The van der Waals surface area contributed by atoms with Gasteiger partial charge in [-0.05, 0) is 18.9 Å². The molecule has 0 aromatic heterocycles. The quantitative estimate of drug-likeness (QED) is 0.179. The summed E-state index contributed by atoms with van der Waals surface area (Å²) in [4.78, 5) is 36.2. The zero-order valence-electron chi connectivity index (χ0n) is 19.8. The summed E-state index contributed by atoms with van der Waals surface area (Å²) in [6.07, 6.45) is 13.2.